The lowest BCUT2D eigenvalue weighted by atomic mass is 9.77. The Kier molecular flexibility index (Phi) is 7.06. The molecule has 1 nitrogen and oxygen atoms in total. The molecule has 1 atom stereocenters. The van der Waals surface area contributed by atoms with Crippen LogP contribution in [0.2, 0.25) is 0 Å². The van der Waals surface area contributed by atoms with E-state index in [1.807, 2.05) is 0 Å². The van der Waals surface area contributed by atoms with Crippen LogP contribution in [0.4, 0.5) is 0 Å². The summed E-state index contributed by atoms with van der Waals surface area (Å²) in [5.74, 6) is 0.745. The predicted octanol–water partition coefficient (Wildman–Crippen LogP) is 3.86. The molecule has 0 aliphatic heterocycles. The van der Waals surface area contributed by atoms with E-state index in [0.717, 1.165) is 17.9 Å². The van der Waals surface area contributed by atoms with Gasteiger partial charge in [0.05, 0.1) is 0 Å². The van der Waals surface area contributed by atoms with Gasteiger partial charge in [-0.25, -0.2) is 0 Å². The van der Waals surface area contributed by atoms with Gasteiger partial charge in [0.15, 0.2) is 0 Å². The van der Waals surface area contributed by atoms with Gasteiger partial charge >= 0.3 is 0 Å². The van der Waals surface area contributed by atoms with Gasteiger partial charge in [0, 0.05) is 19.0 Å². The lowest BCUT2D eigenvalue weighted by Crippen LogP contribution is -2.25. The van der Waals surface area contributed by atoms with Crippen LogP contribution in [-0.2, 0) is 4.74 Å². The largest absolute Gasteiger partial charge is 0.385 e. The Balaban J connectivity index is 3.71. The van der Waals surface area contributed by atoms with Crippen molar-refractivity contribution in [2.24, 2.45) is 11.3 Å². The van der Waals surface area contributed by atoms with Crippen molar-refractivity contribution in [1.82, 2.24) is 0 Å². The van der Waals surface area contributed by atoms with Crippen molar-refractivity contribution in [3.63, 3.8) is 0 Å². The number of methoxy groups -OCH3 is 1. The Morgan fingerprint density at radius 2 is 1.92 bits per heavy atom. The van der Waals surface area contributed by atoms with Crippen LogP contribution in [0.1, 0.15) is 40.0 Å². The Hall–Kier alpha value is 0.440. The Morgan fingerprint density at radius 1 is 1.31 bits per heavy atom. The van der Waals surface area contributed by atoms with Crippen molar-refractivity contribution in [3.8, 4) is 0 Å². The summed E-state index contributed by atoms with van der Waals surface area (Å²) in [5, 5.41) is 1.10. The van der Waals surface area contributed by atoms with Gasteiger partial charge in [-0.05, 0) is 24.2 Å². The Morgan fingerprint density at radius 3 is 2.31 bits per heavy atom. The third-order valence-electron chi connectivity index (χ3n) is 3.05. The smallest absolute Gasteiger partial charge is 0.0462 e. The van der Waals surface area contributed by atoms with Crippen LogP contribution < -0.4 is 0 Å². The van der Waals surface area contributed by atoms with Gasteiger partial charge in [0.2, 0.25) is 0 Å². The summed E-state index contributed by atoms with van der Waals surface area (Å²) in [6, 6.07) is 0. The minimum absolute atomic E-state index is 0.452. The van der Waals surface area contributed by atoms with Crippen molar-refractivity contribution in [1.29, 1.82) is 0 Å². The second-order valence-electron chi connectivity index (χ2n) is 4.39. The molecule has 0 amide bonds. The first kappa shape index (κ1) is 13.4. The molecule has 0 aliphatic carbocycles. The van der Waals surface area contributed by atoms with Crippen molar-refractivity contribution < 1.29 is 4.74 Å². The zero-order valence-electron chi connectivity index (χ0n) is 9.40. The maximum Gasteiger partial charge on any atom is 0.0462 e. The first-order valence-corrected chi connectivity index (χ1v) is 6.24. The standard InChI is InChI=1S/C11H23BrO/c1-10(2)11(3,9-12)7-5-6-8-13-4/h10H,5-9H2,1-4H3. The fraction of sp³-hybridized carbons (Fsp3) is 1.00. The second kappa shape index (κ2) is 6.83. The average Bonchev–Trinajstić information content (AvgIpc) is 2.12. The molecule has 2 heteroatoms. The van der Waals surface area contributed by atoms with E-state index in [9.17, 15) is 0 Å². The lowest BCUT2D eigenvalue weighted by molar-refractivity contribution is 0.176. The summed E-state index contributed by atoms with van der Waals surface area (Å²) in [5.41, 5.74) is 0.452. The molecule has 0 rings (SSSR count). The van der Waals surface area contributed by atoms with Gasteiger partial charge in [-0.15, -0.1) is 0 Å². The molecule has 0 aromatic rings. The number of hydrogen-bond donors (Lipinski definition) is 0. The quantitative estimate of drug-likeness (QED) is 0.493. The third-order valence-corrected chi connectivity index (χ3v) is 4.33. The van der Waals surface area contributed by atoms with Gasteiger partial charge < -0.3 is 4.74 Å². The average molecular weight is 251 g/mol. The molecule has 0 aliphatic rings. The zero-order chi connectivity index (χ0) is 10.3. The summed E-state index contributed by atoms with van der Waals surface area (Å²) in [7, 11) is 1.77. The van der Waals surface area contributed by atoms with Gasteiger partial charge in [-0.2, -0.15) is 0 Å². The van der Waals surface area contributed by atoms with Gasteiger partial charge in [0.25, 0.3) is 0 Å². The summed E-state index contributed by atoms with van der Waals surface area (Å²) in [6.45, 7) is 7.87. The van der Waals surface area contributed by atoms with E-state index in [1.165, 1.54) is 19.3 Å². The number of hydrogen-bond acceptors (Lipinski definition) is 1. The Labute approximate surface area is 91.4 Å². The molecular weight excluding hydrogens is 228 g/mol. The number of unbranched alkanes of at least 4 members (excludes halogenated alkanes) is 1. The maximum atomic E-state index is 5.04. The molecule has 0 aromatic heterocycles. The highest BCUT2D eigenvalue weighted by Crippen LogP contribution is 2.34. The number of alkyl halides is 1. The molecule has 0 saturated heterocycles. The predicted molar refractivity (Wildman–Crippen MR) is 62.5 cm³/mol. The molecule has 13 heavy (non-hydrogen) atoms. The van der Waals surface area contributed by atoms with Gasteiger partial charge in [-0.1, -0.05) is 43.1 Å². The molecule has 80 valence electrons. The van der Waals surface area contributed by atoms with Gasteiger partial charge in [-0.3, -0.25) is 0 Å². The fourth-order valence-electron chi connectivity index (χ4n) is 1.29. The minimum Gasteiger partial charge on any atom is -0.385 e. The first-order valence-electron chi connectivity index (χ1n) is 5.11. The van der Waals surface area contributed by atoms with Crippen LogP contribution in [0.3, 0.4) is 0 Å². The van der Waals surface area contributed by atoms with Crippen molar-refractivity contribution in [2.45, 2.75) is 40.0 Å². The summed E-state index contributed by atoms with van der Waals surface area (Å²) >= 11 is 3.61. The van der Waals surface area contributed by atoms with Crippen molar-refractivity contribution in [3.05, 3.63) is 0 Å². The normalized spacial score (nSPS) is 16.2. The highest BCUT2D eigenvalue weighted by Gasteiger charge is 2.25. The topological polar surface area (TPSA) is 9.23 Å². The fourth-order valence-corrected chi connectivity index (χ4v) is 2.21. The van der Waals surface area contributed by atoms with E-state index < -0.39 is 0 Å². The van der Waals surface area contributed by atoms with Crippen LogP contribution in [0.5, 0.6) is 0 Å². The van der Waals surface area contributed by atoms with Crippen molar-refractivity contribution in [2.75, 3.05) is 19.0 Å². The maximum absolute atomic E-state index is 5.04. The van der Waals surface area contributed by atoms with Crippen LogP contribution in [-0.4, -0.2) is 19.0 Å². The van der Waals surface area contributed by atoms with Crippen LogP contribution >= 0.6 is 15.9 Å². The van der Waals surface area contributed by atoms with E-state index >= 15 is 0 Å². The molecule has 0 saturated carbocycles. The third kappa shape index (κ3) is 5.02. The molecular formula is C11H23BrO. The zero-order valence-corrected chi connectivity index (χ0v) is 11.0. The summed E-state index contributed by atoms with van der Waals surface area (Å²) < 4.78 is 5.04. The highest BCUT2D eigenvalue weighted by molar-refractivity contribution is 9.09. The first-order chi connectivity index (χ1) is 6.06. The minimum atomic E-state index is 0.452. The number of ether oxygens (including phenoxy) is 1. The molecule has 0 heterocycles. The van der Waals surface area contributed by atoms with E-state index in [0.29, 0.717) is 5.41 Å². The summed E-state index contributed by atoms with van der Waals surface area (Å²) in [6.07, 6.45) is 3.75. The monoisotopic (exact) mass is 250 g/mol. The van der Waals surface area contributed by atoms with E-state index in [2.05, 4.69) is 36.7 Å². The van der Waals surface area contributed by atoms with Crippen LogP contribution in [0, 0.1) is 11.3 Å². The molecule has 0 spiro atoms. The molecule has 0 N–H and O–H groups in total. The van der Waals surface area contributed by atoms with Gasteiger partial charge in [0.1, 0.15) is 0 Å². The van der Waals surface area contributed by atoms with E-state index in [-0.39, 0.29) is 0 Å². The second-order valence-corrected chi connectivity index (χ2v) is 4.95. The number of rotatable bonds is 7. The molecule has 0 aromatic carbocycles. The Bertz CT molecular complexity index is 125. The number of halogens is 1. The molecule has 0 fully saturated rings. The molecule has 1 unspecified atom stereocenters. The molecule has 0 bridgehead atoms. The molecule has 0 radical (unpaired) electrons. The van der Waals surface area contributed by atoms with Crippen LogP contribution in [0.15, 0.2) is 0 Å². The summed E-state index contributed by atoms with van der Waals surface area (Å²) in [4.78, 5) is 0. The highest BCUT2D eigenvalue weighted by atomic mass is 79.9. The SMILES string of the molecule is COCCCCC(C)(CBr)C(C)C. The lowest BCUT2D eigenvalue weighted by Gasteiger charge is -2.31. The van der Waals surface area contributed by atoms with Crippen LogP contribution in [0.25, 0.3) is 0 Å². The van der Waals surface area contributed by atoms with Crippen molar-refractivity contribution >= 4 is 15.9 Å². The van der Waals surface area contributed by atoms with E-state index in [4.69, 9.17) is 4.74 Å². The van der Waals surface area contributed by atoms with E-state index in [1.54, 1.807) is 7.11 Å².